The maximum atomic E-state index is 12.7. The Labute approximate surface area is 155 Å². The van der Waals surface area contributed by atoms with Gasteiger partial charge in [0.25, 0.3) is 0 Å². The molecule has 2 amide bonds. The summed E-state index contributed by atoms with van der Waals surface area (Å²) in [6, 6.07) is 5.11. The summed E-state index contributed by atoms with van der Waals surface area (Å²) >= 11 is 0. The van der Waals surface area contributed by atoms with E-state index in [1.807, 2.05) is 13.8 Å². The van der Waals surface area contributed by atoms with Gasteiger partial charge in [-0.25, -0.2) is 8.42 Å². The minimum absolute atomic E-state index is 0.0644. The number of hydrogen-bond acceptors (Lipinski definition) is 4. The van der Waals surface area contributed by atoms with Crippen molar-refractivity contribution in [3.63, 3.8) is 0 Å². The molecule has 7 nitrogen and oxygen atoms in total. The Morgan fingerprint density at radius 2 is 1.69 bits per heavy atom. The monoisotopic (exact) mass is 381 g/mol. The third-order valence-electron chi connectivity index (χ3n) is 4.21. The van der Waals surface area contributed by atoms with Crippen LogP contribution < -0.4 is 10.0 Å². The molecule has 1 aliphatic rings. The Hall–Kier alpha value is -1.93. The Balaban J connectivity index is 2.16. The van der Waals surface area contributed by atoms with E-state index in [1.165, 1.54) is 31.2 Å². The molecule has 0 saturated carbocycles. The van der Waals surface area contributed by atoms with Crippen LogP contribution in [0.25, 0.3) is 0 Å². The number of carbonyl (C=O) groups is 2. The SMILES string of the molecule is CC(=O)Nc1ccc(S(=O)(=O)N[C@@H](CC(C)C)C(=O)N2CCCC2)cc1. The largest absolute Gasteiger partial charge is 0.341 e. The number of amides is 2. The number of carbonyl (C=O) groups excluding carboxylic acids is 2. The average molecular weight is 381 g/mol. The summed E-state index contributed by atoms with van der Waals surface area (Å²) in [7, 11) is -3.84. The molecular formula is C18H27N3O4S. The van der Waals surface area contributed by atoms with Crippen LogP contribution in [0.1, 0.15) is 40.0 Å². The molecule has 0 unspecified atom stereocenters. The van der Waals surface area contributed by atoms with E-state index >= 15 is 0 Å². The lowest BCUT2D eigenvalue weighted by molar-refractivity contribution is -0.132. The van der Waals surface area contributed by atoms with Crippen molar-refractivity contribution >= 4 is 27.5 Å². The van der Waals surface area contributed by atoms with Crippen LogP contribution in [0.15, 0.2) is 29.2 Å². The van der Waals surface area contributed by atoms with Crippen LogP contribution >= 0.6 is 0 Å². The molecule has 0 aromatic heterocycles. The molecule has 144 valence electrons. The summed E-state index contributed by atoms with van der Waals surface area (Å²) in [6.45, 7) is 6.66. The van der Waals surface area contributed by atoms with Crippen molar-refractivity contribution in [1.82, 2.24) is 9.62 Å². The fraction of sp³-hybridized carbons (Fsp3) is 0.556. The maximum absolute atomic E-state index is 12.7. The van der Waals surface area contributed by atoms with E-state index in [-0.39, 0.29) is 22.6 Å². The normalized spacial score (nSPS) is 15.9. The molecule has 0 spiro atoms. The summed E-state index contributed by atoms with van der Waals surface area (Å²) in [6.07, 6.45) is 2.35. The standard InChI is InChI=1S/C18H27N3O4S/c1-13(2)12-17(18(23)21-10-4-5-11-21)20-26(24,25)16-8-6-15(7-9-16)19-14(3)22/h6-9,13,17,20H,4-5,10-12H2,1-3H3,(H,19,22)/t17-/m0/s1. The van der Waals surface area contributed by atoms with E-state index in [0.717, 1.165) is 12.8 Å². The van der Waals surface area contributed by atoms with Crippen molar-refractivity contribution in [2.45, 2.75) is 51.0 Å². The minimum Gasteiger partial charge on any atom is -0.341 e. The van der Waals surface area contributed by atoms with Crippen molar-refractivity contribution in [1.29, 1.82) is 0 Å². The summed E-state index contributed by atoms with van der Waals surface area (Å²) in [5, 5.41) is 2.59. The second-order valence-electron chi connectivity index (χ2n) is 7.04. The molecule has 1 saturated heterocycles. The molecule has 0 aliphatic carbocycles. The third-order valence-corrected chi connectivity index (χ3v) is 5.69. The second-order valence-corrected chi connectivity index (χ2v) is 8.76. The predicted octanol–water partition coefficient (Wildman–Crippen LogP) is 1.96. The Kier molecular flexibility index (Phi) is 6.77. The zero-order valence-electron chi connectivity index (χ0n) is 15.5. The number of anilines is 1. The summed E-state index contributed by atoms with van der Waals surface area (Å²) in [5.74, 6) is -0.210. The molecule has 2 N–H and O–H groups in total. The van der Waals surface area contributed by atoms with E-state index in [0.29, 0.717) is 25.2 Å². The molecule has 1 heterocycles. The van der Waals surface area contributed by atoms with Gasteiger partial charge in [0.05, 0.1) is 4.90 Å². The van der Waals surface area contributed by atoms with Crippen molar-refractivity contribution < 1.29 is 18.0 Å². The van der Waals surface area contributed by atoms with Gasteiger partial charge in [-0.1, -0.05) is 13.8 Å². The zero-order chi connectivity index (χ0) is 19.3. The van der Waals surface area contributed by atoms with Gasteiger partial charge in [0.1, 0.15) is 6.04 Å². The molecule has 26 heavy (non-hydrogen) atoms. The molecule has 1 atom stereocenters. The molecule has 2 rings (SSSR count). The van der Waals surface area contributed by atoms with Gasteiger partial charge in [0.2, 0.25) is 21.8 Å². The first kappa shape index (κ1) is 20.4. The first-order chi connectivity index (χ1) is 12.2. The highest BCUT2D eigenvalue weighted by Crippen LogP contribution is 2.18. The lowest BCUT2D eigenvalue weighted by Crippen LogP contribution is -2.48. The number of likely N-dealkylation sites (tertiary alicyclic amines) is 1. The Bertz CT molecular complexity index is 738. The van der Waals surface area contributed by atoms with Gasteiger partial charge in [-0.15, -0.1) is 0 Å². The fourth-order valence-corrected chi connectivity index (χ4v) is 4.21. The van der Waals surface area contributed by atoms with Gasteiger partial charge in [-0.3, -0.25) is 9.59 Å². The van der Waals surface area contributed by atoms with Crippen LogP contribution in [0.5, 0.6) is 0 Å². The quantitative estimate of drug-likeness (QED) is 0.755. The van der Waals surface area contributed by atoms with Gasteiger partial charge < -0.3 is 10.2 Å². The van der Waals surface area contributed by atoms with Crippen molar-refractivity contribution in [2.75, 3.05) is 18.4 Å². The lowest BCUT2D eigenvalue weighted by atomic mass is 10.0. The molecular weight excluding hydrogens is 354 g/mol. The highest BCUT2D eigenvalue weighted by molar-refractivity contribution is 7.89. The van der Waals surface area contributed by atoms with Crippen LogP contribution in [-0.2, 0) is 19.6 Å². The number of nitrogens with one attached hydrogen (secondary N) is 2. The van der Waals surface area contributed by atoms with Gasteiger partial charge in [-0.2, -0.15) is 4.72 Å². The number of benzene rings is 1. The van der Waals surface area contributed by atoms with Crippen LogP contribution in [0.4, 0.5) is 5.69 Å². The highest BCUT2D eigenvalue weighted by atomic mass is 32.2. The van der Waals surface area contributed by atoms with E-state index in [4.69, 9.17) is 0 Å². The average Bonchev–Trinajstić information content (AvgIpc) is 3.07. The molecule has 0 bridgehead atoms. The van der Waals surface area contributed by atoms with E-state index < -0.39 is 16.1 Å². The molecule has 8 heteroatoms. The van der Waals surface area contributed by atoms with E-state index in [2.05, 4.69) is 10.0 Å². The van der Waals surface area contributed by atoms with Crippen LogP contribution in [0.2, 0.25) is 0 Å². The van der Waals surface area contributed by atoms with E-state index in [9.17, 15) is 18.0 Å². The van der Waals surface area contributed by atoms with Crippen LogP contribution in [0, 0.1) is 5.92 Å². The topological polar surface area (TPSA) is 95.6 Å². The Morgan fingerprint density at radius 3 is 2.19 bits per heavy atom. The van der Waals surface area contributed by atoms with E-state index in [1.54, 1.807) is 4.90 Å². The molecule has 1 aromatic rings. The fourth-order valence-electron chi connectivity index (χ4n) is 3.00. The smallest absolute Gasteiger partial charge is 0.241 e. The number of nitrogens with zero attached hydrogens (tertiary/aromatic N) is 1. The molecule has 0 radical (unpaired) electrons. The highest BCUT2D eigenvalue weighted by Gasteiger charge is 2.31. The third kappa shape index (κ3) is 5.54. The number of rotatable bonds is 7. The molecule has 1 fully saturated rings. The summed E-state index contributed by atoms with van der Waals surface area (Å²) < 4.78 is 28.0. The zero-order valence-corrected chi connectivity index (χ0v) is 16.3. The summed E-state index contributed by atoms with van der Waals surface area (Å²) in [4.78, 5) is 25.6. The second kappa shape index (κ2) is 8.64. The molecule has 1 aromatic carbocycles. The number of sulfonamides is 1. The minimum atomic E-state index is -3.84. The number of hydrogen-bond donors (Lipinski definition) is 2. The van der Waals surface area contributed by atoms with Gasteiger partial charge in [0.15, 0.2) is 0 Å². The van der Waals surface area contributed by atoms with Crippen LogP contribution in [0.3, 0.4) is 0 Å². The summed E-state index contributed by atoms with van der Waals surface area (Å²) in [5.41, 5.74) is 0.517. The lowest BCUT2D eigenvalue weighted by Gasteiger charge is -2.25. The van der Waals surface area contributed by atoms with Crippen molar-refractivity contribution in [3.8, 4) is 0 Å². The van der Waals surface area contributed by atoms with Gasteiger partial charge in [0, 0.05) is 25.7 Å². The van der Waals surface area contributed by atoms with Crippen molar-refractivity contribution in [2.24, 2.45) is 5.92 Å². The van der Waals surface area contributed by atoms with Crippen LogP contribution in [-0.4, -0.2) is 44.3 Å². The Morgan fingerprint density at radius 1 is 1.12 bits per heavy atom. The first-order valence-electron chi connectivity index (χ1n) is 8.88. The first-order valence-corrected chi connectivity index (χ1v) is 10.4. The molecule has 1 aliphatic heterocycles. The van der Waals surface area contributed by atoms with Gasteiger partial charge in [-0.05, 0) is 49.4 Å². The van der Waals surface area contributed by atoms with Crippen molar-refractivity contribution in [3.05, 3.63) is 24.3 Å². The van der Waals surface area contributed by atoms with Gasteiger partial charge >= 0.3 is 0 Å². The maximum Gasteiger partial charge on any atom is 0.241 e. The predicted molar refractivity (Wildman–Crippen MR) is 100 cm³/mol.